The van der Waals surface area contributed by atoms with Crippen molar-refractivity contribution in [2.24, 2.45) is 0 Å². The highest BCUT2D eigenvalue weighted by atomic mass is 31.2. The number of methoxy groups -OCH3 is 1. The van der Waals surface area contributed by atoms with E-state index in [-0.39, 0.29) is 18.4 Å². The predicted octanol–water partition coefficient (Wildman–Crippen LogP) is 4.24. The van der Waals surface area contributed by atoms with Gasteiger partial charge in [-0.1, -0.05) is 0 Å². The standard InChI is InChI=1S/C21H32NO8P/c1-21(2,3)30-20(24)22-11-9-17(10-12-22)29-18-8-7-15(19(23)26-4)13-16(18)14-31(25,27-5)28-6/h7-8,13,17H,9-12,14H2,1-6H3. The second kappa shape index (κ2) is 10.5. The molecule has 10 heteroatoms. The van der Waals surface area contributed by atoms with E-state index in [4.69, 9.17) is 23.3 Å². The molecule has 0 aliphatic carbocycles. The number of rotatable bonds is 7. The molecule has 1 aromatic rings. The Balaban J connectivity index is 2.13. The van der Waals surface area contributed by atoms with Crippen molar-refractivity contribution in [3.63, 3.8) is 0 Å². The summed E-state index contributed by atoms with van der Waals surface area (Å²) in [6.45, 7) is 6.50. The molecule has 9 nitrogen and oxygen atoms in total. The summed E-state index contributed by atoms with van der Waals surface area (Å²) in [5.41, 5.74) is 0.282. The SMILES string of the molecule is COC(=O)c1ccc(OC2CCN(C(=O)OC(C)(C)C)CC2)c(CP(=O)(OC)OC)c1. The number of nitrogens with zero attached hydrogens (tertiary/aromatic N) is 1. The molecule has 1 aromatic carbocycles. The molecule has 0 unspecified atom stereocenters. The summed E-state index contributed by atoms with van der Waals surface area (Å²) in [7, 11) is 0.519. The molecule has 0 N–H and O–H groups in total. The molecule has 0 atom stereocenters. The van der Waals surface area contributed by atoms with Crippen molar-refractivity contribution in [1.82, 2.24) is 4.90 Å². The van der Waals surface area contributed by atoms with Crippen LogP contribution in [-0.4, -0.2) is 63.1 Å². The quantitative estimate of drug-likeness (QED) is 0.443. The molecule has 31 heavy (non-hydrogen) atoms. The largest absolute Gasteiger partial charge is 0.490 e. The first-order chi connectivity index (χ1) is 14.5. The molecule has 1 amide bonds. The number of benzene rings is 1. The lowest BCUT2D eigenvalue weighted by molar-refractivity contribution is 0.0125. The highest BCUT2D eigenvalue weighted by Gasteiger charge is 2.29. The topological polar surface area (TPSA) is 101 Å². The monoisotopic (exact) mass is 457 g/mol. The molecule has 2 rings (SSSR count). The van der Waals surface area contributed by atoms with Crippen molar-refractivity contribution in [3.05, 3.63) is 29.3 Å². The Kier molecular flexibility index (Phi) is 8.51. The van der Waals surface area contributed by atoms with E-state index in [2.05, 4.69) is 0 Å². The molecule has 0 radical (unpaired) electrons. The van der Waals surface area contributed by atoms with Crippen LogP contribution < -0.4 is 4.74 Å². The van der Waals surface area contributed by atoms with E-state index in [0.717, 1.165) is 0 Å². The Bertz CT molecular complexity index is 819. The number of amides is 1. The summed E-state index contributed by atoms with van der Waals surface area (Å²) in [6, 6.07) is 4.81. The maximum atomic E-state index is 12.7. The Morgan fingerprint density at radius 1 is 1.10 bits per heavy atom. The fraction of sp³-hybridized carbons (Fsp3) is 0.619. The normalized spacial score (nSPS) is 15.5. The fourth-order valence-electron chi connectivity index (χ4n) is 3.14. The zero-order chi connectivity index (χ0) is 23.2. The number of hydrogen-bond acceptors (Lipinski definition) is 8. The van der Waals surface area contributed by atoms with Crippen LogP contribution in [0.1, 0.15) is 49.5 Å². The first-order valence-corrected chi connectivity index (χ1v) is 11.8. The van der Waals surface area contributed by atoms with Crippen LogP contribution >= 0.6 is 7.60 Å². The molecule has 0 bridgehead atoms. The van der Waals surface area contributed by atoms with Gasteiger partial charge in [0.25, 0.3) is 0 Å². The van der Waals surface area contributed by atoms with E-state index < -0.39 is 19.2 Å². The van der Waals surface area contributed by atoms with Crippen LogP contribution in [0.15, 0.2) is 18.2 Å². The summed E-state index contributed by atoms with van der Waals surface area (Å²) >= 11 is 0. The fourth-order valence-corrected chi connectivity index (χ4v) is 4.21. The molecule has 1 heterocycles. The lowest BCUT2D eigenvalue weighted by Gasteiger charge is -2.33. The van der Waals surface area contributed by atoms with E-state index in [1.807, 2.05) is 20.8 Å². The van der Waals surface area contributed by atoms with Crippen molar-refractivity contribution in [2.75, 3.05) is 34.4 Å². The Morgan fingerprint density at radius 2 is 1.71 bits per heavy atom. The number of piperidine rings is 1. The van der Waals surface area contributed by atoms with Gasteiger partial charge in [0.2, 0.25) is 0 Å². The molecule has 1 fully saturated rings. The minimum atomic E-state index is -3.39. The average Bonchev–Trinajstić information content (AvgIpc) is 2.73. The predicted molar refractivity (Wildman–Crippen MR) is 115 cm³/mol. The van der Waals surface area contributed by atoms with Crippen molar-refractivity contribution in [1.29, 1.82) is 0 Å². The van der Waals surface area contributed by atoms with Gasteiger partial charge in [0.1, 0.15) is 17.5 Å². The van der Waals surface area contributed by atoms with Gasteiger partial charge in [-0.15, -0.1) is 0 Å². The third kappa shape index (κ3) is 7.23. The Labute approximate surface area is 183 Å². The third-order valence-corrected chi connectivity index (χ3v) is 6.63. The maximum absolute atomic E-state index is 12.7. The zero-order valence-corrected chi connectivity index (χ0v) is 19.9. The highest BCUT2D eigenvalue weighted by Crippen LogP contribution is 2.51. The third-order valence-electron chi connectivity index (χ3n) is 4.79. The van der Waals surface area contributed by atoms with Gasteiger partial charge in [-0.3, -0.25) is 4.57 Å². The van der Waals surface area contributed by atoms with E-state index in [9.17, 15) is 14.2 Å². The van der Waals surface area contributed by atoms with E-state index in [0.29, 0.717) is 42.8 Å². The second-order valence-electron chi connectivity index (χ2n) is 8.23. The number of esters is 1. The van der Waals surface area contributed by atoms with E-state index >= 15 is 0 Å². The van der Waals surface area contributed by atoms with Crippen molar-refractivity contribution in [2.45, 2.75) is 51.5 Å². The molecule has 1 saturated heterocycles. The van der Waals surface area contributed by atoms with Crippen LogP contribution in [0.25, 0.3) is 0 Å². The van der Waals surface area contributed by atoms with E-state index in [1.54, 1.807) is 23.1 Å². The van der Waals surface area contributed by atoms with Crippen LogP contribution in [0, 0.1) is 0 Å². The van der Waals surface area contributed by atoms with Gasteiger partial charge in [-0.05, 0) is 39.0 Å². The van der Waals surface area contributed by atoms with Crippen LogP contribution in [0.5, 0.6) is 5.75 Å². The average molecular weight is 457 g/mol. The minimum Gasteiger partial charge on any atom is -0.490 e. The van der Waals surface area contributed by atoms with Crippen LogP contribution in [0.3, 0.4) is 0 Å². The summed E-state index contributed by atoms with van der Waals surface area (Å²) in [5, 5.41) is 0. The maximum Gasteiger partial charge on any atom is 0.410 e. The molecule has 1 aliphatic rings. The summed E-state index contributed by atoms with van der Waals surface area (Å²) in [5.74, 6) is -0.0270. The number of likely N-dealkylation sites (tertiary alicyclic amines) is 1. The van der Waals surface area contributed by atoms with Gasteiger partial charge in [0.15, 0.2) is 0 Å². The first-order valence-electron chi connectivity index (χ1n) is 10.1. The lowest BCUT2D eigenvalue weighted by Crippen LogP contribution is -2.44. The molecular weight excluding hydrogens is 425 g/mol. The minimum absolute atomic E-state index is 0.0586. The van der Waals surface area contributed by atoms with Gasteiger partial charge in [0.05, 0.1) is 18.8 Å². The van der Waals surface area contributed by atoms with Gasteiger partial charge in [-0.25, -0.2) is 9.59 Å². The molecule has 0 spiro atoms. The Hall–Kier alpha value is -2.09. The summed E-state index contributed by atoms with van der Waals surface area (Å²) < 4.78 is 39.1. The Morgan fingerprint density at radius 3 is 2.23 bits per heavy atom. The van der Waals surface area contributed by atoms with Crippen molar-refractivity contribution >= 4 is 19.7 Å². The van der Waals surface area contributed by atoms with Crippen molar-refractivity contribution in [3.8, 4) is 5.75 Å². The zero-order valence-electron chi connectivity index (χ0n) is 19.0. The molecule has 0 saturated carbocycles. The van der Waals surface area contributed by atoms with E-state index in [1.165, 1.54) is 21.3 Å². The first kappa shape index (κ1) is 25.2. The van der Waals surface area contributed by atoms with Crippen LogP contribution in [-0.2, 0) is 29.2 Å². The second-order valence-corrected chi connectivity index (χ2v) is 10.5. The summed E-state index contributed by atoms with van der Waals surface area (Å²) in [4.78, 5) is 25.8. The number of hydrogen-bond donors (Lipinski definition) is 0. The molecule has 1 aliphatic heterocycles. The summed E-state index contributed by atoms with van der Waals surface area (Å²) in [6.07, 6.45) is 0.686. The van der Waals surface area contributed by atoms with Gasteiger partial charge in [-0.2, -0.15) is 0 Å². The number of carbonyl (C=O) groups is 2. The van der Waals surface area contributed by atoms with Gasteiger partial charge in [0, 0.05) is 45.7 Å². The molecule has 0 aromatic heterocycles. The lowest BCUT2D eigenvalue weighted by atomic mass is 10.1. The highest BCUT2D eigenvalue weighted by molar-refractivity contribution is 7.52. The van der Waals surface area contributed by atoms with Crippen molar-refractivity contribution < 1.29 is 37.4 Å². The van der Waals surface area contributed by atoms with Crippen LogP contribution in [0.2, 0.25) is 0 Å². The smallest absolute Gasteiger partial charge is 0.410 e. The van der Waals surface area contributed by atoms with Gasteiger partial charge < -0.3 is 28.2 Å². The number of ether oxygens (including phenoxy) is 3. The van der Waals surface area contributed by atoms with Gasteiger partial charge >= 0.3 is 19.7 Å². The number of carbonyl (C=O) groups excluding carboxylic acids is 2. The molecular formula is C21H32NO8P. The molecule has 174 valence electrons. The van der Waals surface area contributed by atoms with Crippen LogP contribution in [0.4, 0.5) is 4.79 Å².